The summed E-state index contributed by atoms with van der Waals surface area (Å²) in [6.45, 7) is 5.49. The van der Waals surface area contributed by atoms with Gasteiger partial charge in [0.05, 0.1) is 6.54 Å². The maximum absolute atomic E-state index is 11.5. The average molecular weight is 228 g/mol. The molecule has 16 heavy (non-hydrogen) atoms. The highest BCUT2D eigenvalue weighted by Gasteiger charge is 2.41. The monoisotopic (exact) mass is 228 g/mol. The lowest BCUT2D eigenvalue weighted by molar-refractivity contribution is -0.121. The zero-order chi connectivity index (χ0) is 12.0. The Hall–Kier alpha value is -0.610. The van der Waals surface area contributed by atoms with Crippen molar-refractivity contribution in [2.75, 3.05) is 19.7 Å². The molecule has 1 aliphatic rings. The highest BCUT2D eigenvalue weighted by atomic mass is 16.3. The van der Waals surface area contributed by atoms with Crippen molar-refractivity contribution in [3.05, 3.63) is 0 Å². The van der Waals surface area contributed by atoms with E-state index < -0.39 is 0 Å². The summed E-state index contributed by atoms with van der Waals surface area (Å²) in [6, 6.07) is 0.294. The van der Waals surface area contributed by atoms with Gasteiger partial charge in [0.25, 0.3) is 0 Å². The quantitative estimate of drug-likeness (QED) is 0.572. The van der Waals surface area contributed by atoms with Crippen LogP contribution in [0.25, 0.3) is 0 Å². The summed E-state index contributed by atoms with van der Waals surface area (Å²) in [6.07, 6.45) is 4.10. The summed E-state index contributed by atoms with van der Waals surface area (Å²) >= 11 is 0. The Balaban J connectivity index is 2.10. The first-order chi connectivity index (χ1) is 7.65. The molecule has 3 N–H and O–H groups in total. The van der Waals surface area contributed by atoms with Crippen LogP contribution in [0.1, 0.15) is 39.5 Å². The van der Waals surface area contributed by atoms with E-state index in [1.165, 1.54) is 0 Å². The molecule has 4 nitrogen and oxygen atoms in total. The zero-order valence-electron chi connectivity index (χ0n) is 10.4. The molecule has 0 atom stereocenters. The van der Waals surface area contributed by atoms with E-state index in [0.717, 1.165) is 32.2 Å². The van der Waals surface area contributed by atoms with Crippen LogP contribution in [0.2, 0.25) is 0 Å². The number of aliphatic hydroxyl groups is 1. The zero-order valence-corrected chi connectivity index (χ0v) is 10.4. The predicted molar refractivity (Wildman–Crippen MR) is 64.1 cm³/mol. The highest BCUT2D eigenvalue weighted by Crippen LogP contribution is 2.44. The molecule has 0 aromatic rings. The Morgan fingerprint density at radius 3 is 2.44 bits per heavy atom. The van der Waals surface area contributed by atoms with E-state index in [1.54, 1.807) is 0 Å². The van der Waals surface area contributed by atoms with Gasteiger partial charge >= 0.3 is 0 Å². The third-order valence-electron chi connectivity index (χ3n) is 3.43. The molecule has 0 aliphatic heterocycles. The second kappa shape index (κ2) is 6.21. The number of carbonyl (C=O) groups is 1. The Morgan fingerprint density at radius 1 is 1.38 bits per heavy atom. The largest absolute Gasteiger partial charge is 0.396 e. The first-order valence-electron chi connectivity index (χ1n) is 6.26. The van der Waals surface area contributed by atoms with E-state index in [0.29, 0.717) is 12.6 Å². The van der Waals surface area contributed by atoms with Crippen LogP contribution in [0.15, 0.2) is 0 Å². The van der Waals surface area contributed by atoms with Crippen LogP contribution < -0.4 is 10.6 Å². The lowest BCUT2D eigenvalue weighted by Crippen LogP contribution is -2.41. The standard InChI is InChI=1S/C12H24N2O2/c1-3-10(4-2)14-11(16)7-13-8-12(9-15)5-6-12/h10,13,15H,3-9H2,1-2H3,(H,14,16). The number of hydrogen-bond acceptors (Lipinski definition) is 3. The van der Waals surface area contributed by atoms with E-state index in [9.17, 15) is 4.79 Å². The van der Waals surface area contributed by atoms with Gasteiger partial charge in [0.15, 0.2) is 0 Å². The van der Waals surface area contributed by atoms with E-state index in [4.69, 9.17) is 5.11 Å². The minimum Gasteiger partial charge on any atom is -0.396 e. The van der Waals surface area contributed by atoms with Gasteiger partial charge in [-0.05, 0) is 25.7 Å². The fourth-order valence-corrected chi connectivity index (χ4v) is 1.78. The molecule has 0 spiro atoms. The summed E-state index contributed by atoms with van der Waals surface area (Å²) in [5.41, 5.74) is 0.0786. The van der Waals surface area contributed by atoms with Crippen molar-refractivity contribution in [3.8, 4) is 0 Å². The van der Waals surface area contributed by atoms with E-state index in [1.807, 2.05) is 0 Å². The second-order valence-electron chi connectivity index (χ2n) is 4.84. The van der Waals surface area contributed by atoms with Crippen molar-refractivity contribution < 1.29 is 9.90 Å². The Morgan fingerprint density at radius 2 is 2.00 bits per heavy atom. The van der Waals surface area contributed by atoms with Crippen molar-refractivity contribution in [3.63, 3.8) is 0 Å². The van der Waals surface area contributed by atoms with Gasteiger partial charge in [-0.3, -0.25) is 4.79 Å². The molecule has 0 aromatic carbocycles. The third kappa shape index (κ3) is 4.10. The maximum atomic E-state index is 11.5. The van der Waals surface area contributed by atoms with Crippen LogP contribution in [0, 0.1) is 5.41 Å². The minimum absolute atomic E-state index is 0.0578. The summed E-state index contributed by atoms with van der Waals surface area (Å²) in [7, 11) is 0. The van der Waals surface area contributed by atoms with Gasteiger partial charge in [-0.1, -0.05) is 13.8 Å². The average Bonchev–Trinajstić information content (AvgIpc) is 3.06. The lowest BCUT2D eigenvalue weighted by Gasteiger charge is -2.16. The topological polar surface area (TPSA) is 61.4 Å². The Kier molecular flexibility index (Phi) is 5.22. The molecule has 94 valence electrons. The molecule has 4 heteroatoms. The van der Waals surface area contributed by atoms with Crippen molar-refractivity contribution in [2.45, 2.75) is 45.6 Å². The molecule has 1 saturated carbocycles. The number of nitrogens with one attached hydrogen (secondary N) is 2. The molecule has 1 amide bonds. The fourth-order valence-electron chi connectivity index (χ4n) is 1.78. The summed E-state index contributed by atoms with van der Waals surface area (Å²) in [5.74, 6) is 0.0578. The number of carbonyl (C=O) groups excluding carboxylic acids is 1. The van der Waals surface area contributed by atoms with Gasteiger partial charge in [-0.25, -0.2) is 0 Å². The van der Waals surface area contributed by atoms with Crippen molar-refractivity contribution in [2.24, 2.45) is 5.41 Å². The lowest BCUT2D eigenvalue weighted by atomic mass is 10.1. The number of rotatable bonds is 8. The van der Waals surface area contributed by atoms with E-state index in [2.05, 4.69) is 24.5 Å². The van der Waals surface area contributed by atoms with Crippen molar-refractivity contribution in [1.29, 1.82) is 0 Å². The molecule has 0 unspecified atom stereocenters. The summed E-state index contributed by atoms with van der Waals surface area (Å²) in [4.78, 5) is 11.5. The van der Waals surface area contributed by atoms with Gasteiger partial charge in [-0.2, -0.15) is 0 Å². The molecule has 0 bridgehead atoms. The first kappa shape index (κ1) is 13.5. The van der Waals surface area contributed by atoms with Crippen LogP contribution in [0.4, 0.5) is 0 Å². The summed E-state index contributed by atoms with van der Waals surface area (Å²) < 4.78 is 0. The van der Waals surface area contributed by atoms with E-state index >= 15 is 0 Å². The molecule has 1 rings (SSSR count). The smallest absolute Gasteiger partial charge is 0.234 e. The number of hydrogen-bond donors (Lipinski definition) is 3. The first-order valence-corrected chi connectivity index (χ1v) is 6.26. The van der Waals surface area contributed by atoms with Gasteiger partial charge in [0, 0.05) is 24.6 Å². The molecular weight excluding hydrogens is 204 g/mol. The fraction of sp³-hybridized carbons (Fsp3) is 0.917. The molecule has 0 heterocycles. The Bertz CT molecular complexity index is 223. The van der Waals surface area contributed by atoms with Crippen molar-refractivity contribution >= 4 is 5.91 Å². The minimum atomic E-state index is 0.0578. The molecule has 1 fully saturated rings. The van der Waals surface area contributed by atoms with Gasteiger partial charge < -0.3 is 15.7 Å². The summed E-state index contributed by atoms with van der Waals surface area (Å²) in [5, 5.41) is 15.2. The van der Waals surface area contributed by atoms with Crippen LogP contribution in [0.3, 0.4) is 0 Å². The SMILES string of the molecule is CCC(CC)NC(=O)CNCC1(CO)CC1. The molecule has 0 aromatic heterocycles. The van der Waals surface area contributed by atoms with E-state index in [-0.39, 0.29) is 17.9 Å². The molecule has 0 saturated heterocycles. The second-order valence-corrected chi connectivity index (χ2v) is 4.84. The van der Waals surface area contributed by atoms with Crippen molar-refractivity contribution in [1.82, 2.24) is 10.6 Å². The van der Waals surface area contributed by atoms with Gasteiger partial charge in [0.1, 0.15) is 0 Å². The van der Waals surface area contributed by atoms with Crippen LogP contribution in [0.5, 0.6) is 0 Å². The molecule has 0 radical (unpaired) electrons. The van der Waals surface area contributed by atoms with Crippen LogP contribution in [-0.2, 0) is 4.79 Å². The molecular formula is C12H24N2O2. The molecule has 1 aliphatic carbocycles. The highest BCUT2D eigenvalue weighted by molar-refractivity contribution is 5.78. The van der Waals surface area contributed by atoms with Crippen LogP contribution in [-0.4, -0.2) is 36.8 Å². The number of aliphatic hydroxyl groups excluding tert-OH is 1. The van der Waals surface area contributed by atoms with Gasteiger partial charge in [0.2, 0.25) is 5.91 Å². The Labute approximate surface area is 97.8 Å². The third-order valence-corrected chi connectivity index (χ3v) is 3.43. The maximum Gasteiger partial charge on any atom is 0.234 e. The number of amides is 1. The predicted octanol–water partition coefficient (Wildman–Crippen LogP) is 0.653. The van der Waals surface area contributed by atoms with Gasteiger partial charge in [-0.15, -0.1) is 0 Å². The normalized spacial score (nSPS) is 17.5. The van der Waals surface area contributed by atoms with Crippen LogP contribution >= 0.6 is 0 Å².